The van der Waals surface area contributed by atoms with Crippen LogP contribution in [0.5, 0.6) is 0 Å². The maximum Gasteiger partial charge on any atom is 0.139 e. The molecule has 0 radical (unpaired) electrons. The Kier molecular flexibility index (Phi) is 2.57. The summed E-state index contributed by atoms with van der Waals surface area (Å²) >= 11 is 1.73. The van der Waals surface area contributed by atoms with Crippen molar-refractivity contribution in [2.45, 2.75) is 13.5 Å². The van der Waals surface area contributed by atoms with Crippen molar-refractivity contribution in [3.8, 4) is 0 Å². The van der Waals surface area contributed by atoms with Crippen LogP contribution in [0.1, 0.15) is 11.1 Å². The number of nitrogens with zero attached hydrogens (tertiary/aromatic N) is 1. The van der Waals surface area contributed by atoms with Gasteiger partial charge in [-0.3, -0.25) is 0 Å². The van der Waals surface area contributed by atoms with Crippen molar-refractivity contribution in [2.75, 3.05) is 5.32 Å². The molecule has 0 amide bonds. The number of thiophene rings is 1. The molecule has 4 heteroatoms. The van der Waals surface area contributed by atoms with Crippen LogP contribution in [0.3, 0.4) is 0 Å². The van der Waals surface area contributed by atoms with E-state index >= 15 is 0 Å². The van der Waals surface area contributed by atoms with Gasteiger partial charge in [0.05, 0.1) is 11.6 Å². The SMILES string of the molecule is Cc1cscc1CNc1nccc2occc12. The third-order valence-corrected chi connectivity index (χ3v) is 3.70. The van der Waals surface area contributed by atoms with Crippen molar-refractivity contribution >= 4 is 28.1 Å². The third-order valence-electron chi connectivity index (χ3n) is 2.79. The second-order valence-corrected chi connectivity index (χ2v) is 4.67. The average molecular weight is 244 g/mol. The average Bonchev–Trinajstić information content (AvgIpc) is 2.95. The van der Waals surface area contributed by atoms with Gasteiger partial charge in [-0.2, -0.15) is 11.3 Å². The van der Waals surface area contributed by atoms with E-state index in [4.69, 9.17) is 4.42 Å². The molecule has 0 saturated carbocycles. The topological polar surface area (TPSA) is 38.1 Å². The molecule has 0 fully saturated rings. The van der Waals surface area contributed by atoms with E-state index in [1.165, 1.54) is 11.1 Å². The molecule has 3 aromatic heterocycles. The Labute approximate surface area is 103 Å². The molecule has 0 saturated heterocycles. The minimum atomic E-state index is 0.798. The summed E-state index contributed by atoms with van der Waals surface area (Å²) in [7, 11) is 0. The van der Waals surface area contributed by atoms with E-state index in [-0.39, 0.29) is 0 Å². The maximum atomic E-state index is 5.34. The molecule has 0 aliphatic rings. The molecule has 3 heterocycles. The molecule has 0 aromatic carbocycles. The van der Waals surface area contributed by atoms with Crippen molar-refractivity contribution in [1.29, 1.82) is 0 Å². The number of fused-ring (bicyclic) bond motifs is 1. The van der Waals surface area contributed by atoms with Crippen LogP contribution in [0.25, 0.3) is 11.0 Å². The van der Waals surface area contributed by atoms with Crippen LogP contribution in [0, 0.1) is 6.92 Å². The lowest BCUT2D eigenvalue weighted by Crippen LogP contribution is -2.01. The Morgan fingerprint density at radius 1 is 1.35 bits per heavy atom. The van der Waals surface area contributed by atoms with Crippen LogP contribution < -0.4 is 5.32 Å². The molecule has 3 aromatic rings. The van der Waals surface area contributed by atoms with E-state index in [1.807, 2.05) is 12.1 Å². The summed E-state index contributed by atoms with van der Waals surface area (Å²) in [4.78, 5) is 4.34. The molecule has 0 unspecified atom stereocenters. The molecular weight excluding hydrogens is 232 g/mol. The van der Waals surface area contributed by atoms with Gasteiger partial charge in [-0.25, -0.2) is 4.98 Å². The van der Waals surface area contributed by atoms with Crippen LogP contribution >= 0.6 is 11.3 Å². The van der Waals surface area contributed by atoms with Gasteiger partial charge in [0.1, 0.15) is 11.4 Å². The second kappa shape index (κ2) is 4.22. The van der Waals surface area contributed by atoms with Crippen molar-refractivity contribution in [2.24, 2.45) is 0 Å². The van der Waals surface area contributed by atoms with Gasteiger partial charge in [0.2, 0.25) is 0 Å². The molecule has 3 rings (SSSR count). The fourth-order valence-electron chi connectivity index (χ4n) is 1.78. The predicted molar refractivity (Wildman–Crippen MR) is 70.4 cm³/mol. The first kappa shape index (κ1) is 10.4. The van der Waals surface area contributed by atoms with Crippen LogP contribution in [-0.2, 0) is 6.54 Å². The Morgan fingerprint density at radius 3 is 3.12 bits per heavy atom. The van der Waals surface area contributed by atoms with Crippen LogP contribution in [0.2, 0.25) is 0 Å². The number of pyridine rings is 1. The number of aromatic nitrogens is 1. The lowest BCUT2D eigenvalue weighted by Gasteiger charge is -2.05. The van der Waals surface area contributed by atoms with Gasteiger partial charge < -0.3 is 9.73 Å². The second-order valence-electron chi connectivity index (χ2n) is 3.93. The lowest BCUT2D eigenvalue weighted by molar-refractivity contribution is 0.615. The van der Waals surface area contributed by atoms with Crippen LogP contribution in [0.15, 0.2) is 39.8 Å². The normalized spacial score (nSPS) is 10.9. The number of furan rings is 1. The fourth-order valence-corrected chi connectivity index (χ4v) is 2.64. The minimum absolute atomic E-state index is 0.798. The van der Waals surface area contributed by atoms with E-state index in [9.17, 15) is 0 Å². The monoisotopic (exact) mass is 244 g/mol. The highest BCUT2D eigenvalue weighted by Crippen LogP contribution is 2.23. The van der Waals surface area contributed by atoms with Crippen molar-refractivity contribution in [3.05, 3.63) is 46.5 Å². The summed E-state index contributed by atoms with van der Waals surface area (Å²) in [6, 6.07) is 3.81. The highest BCUT2D eigenvalue weighted by Gasteiger charge is 2.05. The molecule has 0 spiro atoms. The van der Waals surface area contributed by atoms with Gasteiger partial charge in [0.15, 0.2) is 0 Å². The van der Waals surface area contributed by atoms with E-state index in [0.717, 1.165) is 23.3 Å². The smallest absolute Gasteiger partial charge is 0.139 e. The summed E-state index contributed by atoms with van der Waals surface area (Å²) in [5.41, 5.74) is 3.50. The molecule has 0 aliphatic heterocycles. The molecule has 0 aliphatic carbocycles. The zero-order valence-corrected chi connectivity index (χ0v) is 10.3. The first-order valence-corrected chi connectivity index (χ1v) is 6.36. The standard InChI is InChI=1S/C13H12N2OS/c1-9-7-17-8-10(9)6-15-13-11-3-5-16-12(11)2-4-14-13/h2-5,7-8H,6H2,1H3,(H,14,15). The Morgan fingerprint density at radius 2 is 2.29 bits per heavy atom. The summed E-state index contributed by atoms with van der Waals surface area (Å²) in [5, 5.41) is 8.70. The molecule has 0 atom stereocenters. The van der Waals surface area contributed by atoms with Crippen LogP contribution in [-0.4, -0.2) is 4.98 Å². The summed E-state index contributed by atoms with van der Waals surface area (Å²) in [6.07, 6.45) is 3.45. The summed E-state index contributed by atoms with van der Waals surface area (Å²) in [5.74, 6) is 0.877. The number of nitrogens with one attached hydrogen (secondary N) is 1. The van der Waals surface area contributed by atoms with Crippen molar-refractivity contribution in [1.82, 2.24) is 4.98 Å². The molecule has 1 N–H and O–H groups in total. The zero-order chi connectivity index (χ0) is 11.7. The van der Waals surface area contributed by atoms with Gasteiger partial charge in [-0.1, -0.05) is 0 Å². The van der Waals surface area contributed by atoms with E-state index in [0.29, 0.717) is 0 Å². The van der Waals surface area contributed by atoms with Gasteiger partial charge in [0, 0.05) is 12.7 Å². The van der Waals surface area contributed by atoms with E-state index < -0.39 is 0 Å². The number of anilines is 1. The van der Waals surface area contributed by atoms with Crippen molar-refractivity contribution < 1.29 is 4.42 Å². The number of hydrogen-bond acceptors (Lipinski definition) is 4. The minimum Gasteiger partial charge on any atom is -0.464 e. The Balaban J connectivity index is 1.86. The fraction of sp³-hybridized carbons (Fsp3) is 0.154. The summed E-state index contributed by atoms with van der Waals surface area (Å²) in [6.45, 7) is 2.92. The summed E-state index contributed by atoms with van der Waals surface area (Å²) < 4.78 is 5.34. The van der Waals surface area contributed by atoms with Crippen molar-refractivity contribution in [3.63, 3.8) is 0 Å². The first-order chi connectivity index (χ1) is 8.34. The number of aryl methyl sites for hydroxylation is 1. The molecule has 86 valence electrons. The Hall–Kier alpha value is -1.81. The van der Waals surface area contributed by atoms with Gasteiger partial charge in [0.25, 0.3) is 0 Å². The number of hydrogen-bond donors (Lipinski definition) is 1. The quantitative estimate of drug-likeness (QED) is 0.761. The molecule has 17 heavy (non-hydrogen) atoms. The van der Waals surface area contributed by atoms with Gasteiger partial charge in [-0.05, 0) is 40.9 Å². The Bertz CT molecular complexity index is 641. The highest BCUT2D eigenvalue weighted by atomic mass is 32.1. The molecular formula is C13H12N2OS. The van der Waals surface area contributed by atoms with E-state index in [1.54, 1.807) is 23.8 Å². The molecule has 3 nitrogen and oxygen atoms in total. The van der Waals surface area contributed by atoms with Gasteiger partial charge in [-0.15, -0.1) is 0 Å². The van der Waals surface area contributed by atoms with Crippen LogP contribution in [0.4, 0.5) is 5.82 Å². The highest BCUT2D eigenvalue weighted by molar-refractivity contribution is 7.08. The molecule has 0 bridgehead atoms. The largest absolute Gasteiger partial charge is 0.464 e. The maximum absolute atomic E-state index is 5.34. The lowest BCUT2D eigenvalue weighted by atomic mass is 10.2. The van der Waals surface area contributed by atoms with E-state index in [2.05, 4.69) is 28.0 Å². The third kappa shape index (κ3) is 1.91. The zero-order valence-electron chi connectivity index (χ0n) is 9.43. The first-order valence-electron chi connectivity index (χ1n) is 5.42. The van der Waals surface area contributed by atoms with Gasteiger partial charge >= 0.3 is 0 Å². The number of rotatable bonds is 3. The predicted octanol–water partition coefficient (Wildman–Crippen LogP) is 3.81.